The first-order valence-electron chi connectivity index (χ1n) is 6.88. The monoisotopic (exact) mass is 239 g/mol. The Hall–Kier alpha value is -0.610. The van der Waals surface area contributed by atoms with E-state index in [0.29, 0.717) is 6.04 Å². The highest BCUT2D eigenvalue weighted by atomic mass is 16.2. The van der Waals surface area contributed by atoms with Gasteiger partial charge in [0.05, 0.1) is 6.04 Å². The average molecular weight is 239 g/mol. The molecule has 2 aliphatic heterocycles. The number of nitrogens with two attached hydrogens (primary N) is 1. The highest BCUT2D eigenvalue weighted by molar-refractivity contribution is 5.82. The molecule has 0 bridgehead atoms. The molecule has 2 N–H and O–H groups in total. The summed E-state index contributed by atoms with van der Waals surface area (Å²) in [5.74, 6) is 0.372. The van der Waals surface area contributed by atoms with Gasteiger partial charge in [-0.15, -0.1) is 0 Å². The standard InChI is InChI=1S/C13H25N3O/c1-10(2)12(14)13(17)16-8-7-15-6-4-3-5-11(15)9-16/h10-12H,3-9,14H2,1-2H3. The van der Waals surface area contributed by atoms with Crippen molar-refractivity contribution in [3.8, 4) is 0 Å². The van der Waals surface area contributed by atoms with Crippen LogP contribution in [0.2, 0.25) is 0 Å². The number of carbonyl (C=O) groups excluding carboxylic acids is 1. The zero-order valence-corrected chi connectivity index (χ0v) is 11.1. The van der Waals surface area contributed by atoms with Crippen LogP contribution in [0.15, 0.2) is 0 Å². The number of piperazine rings is 1. The minimum absolute atomic E-state index is 0.144. The molecule has 2 heterocycles. The van der Waals surface area contributed by atoms with Gasteiger partial charge in [-0.25, -0.2) is 0 Å². The van der Waals surface area contributed by atoms with Gasteiger partial charge in [0.1, 0.15) is 0 Å². The summed E-state index contributed by atoms with van der Waals surface area (Å²) in [4.78, 5) is 16.7. The van der Waals surface area contributed by atoms with Gasteiger partial charge >= 0.3 is 0 Å². The second-order valence-corrected chi connectivity index (χ2v) is 5.74. The van der Waals surface area contributed by atoms with Gasteiger partial charge in [-0.3, -0.25) is 9.69 Å². The van der Waals surface area contributed by atoms with Gasteiger partial charge in [0, 0.05) is 25.7 Å². The van der Waals surface area contributed by atoms with Crippen LogP contribution in [0.1, 0.15) is 33.1 Å². The van der Waals surface area contributed by atoms with Crippen molar-refractivity contribution in [2.45, 2.75) is 45.2 Å². The molecular formula is C13H25N3O. The Morgan fingerprint density at radius 2 is 2.00 bits per heavy atom. The van der Waals surface area contributed by atoms with Gasteiger partial charge in [0.2, 0.25) is 5.91 Å². The fourth-order valence-electron chi connectivity index (χ4n) is 2.85. The van der Waals surface area contributed by atoms with Gasteiger partial charge in [-0.2, -0.15) is 0 Å². The Morgan fingerprint density at radius 3 is 2.71 bits per heavy atom. The third-order valence-electron chi connectivity index (χ3n) is 4.15. The van der Waals surface area contributed by atoms with Crippen molar-refractivity contribution < 1.29 is 4.79 Å². The lowest BCUT2D eigenvalue weighted by Gasteiger charge is -2.44. The molecule has 0 aromatic rings. The third-order valence-corrected chi connectivity index (χ3v) is 4.15. The molecule has 98 valence electrons. The Kier molecular flexibility index (Phi) is 4.05. The predicted octanol–water partition coefficient (Wildman–Crippen LogP) is 0.666. The normalized spacial score (nSPS) is 28.0. The highest BCUT2D eigenvalue weighted by Gasteiger charge is 2.33. The van der Waals surface area contributed by atoms with E-state index in [9.17, 15) is 4.79 Å². The Bertz CT molecular complexity index is 280. The van der Waals surface area contributed by atoms with E-state index < -0.39 is 0 Å². The average Bonchev–Trinajstić information content (AvgIpc) is 2.36. The summed E-state index contributed by atoms with van der Waals surface area (Å²) in [6, 6.07) is 0.256. The summed E-state index contributed by atoms with van der Waals surface area (Å²) in [6.07, 6.45) is 3.86. The molecule has 2 fully saturated rings. The minimum Gasteiger partial charge on any atom is -0.338 e. The summed E-state index contributed by atoms with van der Waals surface area (Å²) in [5, 5.41) is 0. The number of rotatable bonds is 2. The molecule has 0 aromatic heterocycles. The van der Waals surface area contributed by atoms with Crippen molar-refractivity contribution >= 4 is 5.91 Å². The molecule has 0 aliphatic carbocycles. The van der Waals surface area contributed by atoms with E-state index in [-0.39, 0.29) is 17.9 Å². The third kappa shape index (κ3) is 2.80. The number of nitrogens with zero attached hydrogens (tertiary/aromatic N) is 2. The summed E-state index contributed by atoms with van der Waals surface area (Å²) >= 11 is 0. The van der Waals surface area contributed by atoms with E-state index in [4.69, 9.17) is 5.73 Å². The number of fused-ring (bicyclic) bond motifs is 1. The summed E-state index contributed by atoms with van der Waals surface area (Å²) in [5.41, 5.74) is 5.95. The van der Waals surface area contributed by atoms with Crippen LogP contribution in [-0.2, 0) is 4.79 Å². The predicted molar refractivity (Wildman–Crippen MR) is 68.6 cm³/mol. The molecule has 2 saturated heterocycles. The van der Waals surface area contributed by atoms with E-state index in [1.807, 2.05) is 18.7 Å². The number of piperidine rings is 1. The molecule has 0 spiro atoms. The highest BCUT2D eigenvalue weighted by Crippen LogP contribution is 2.21. The van der Waals surface area contributed by atoms with Crippen LogP contribution in [0, 0.1) is 5.92 Å². The van der Waals surface area contributed by atoms with E-state index in [1.165, 1.54) is 25.8 Å². The van der Waals surface area contributed by atoms with E-state index in [0.717, 1.165) is 19.6 Å². The van der Waals surface area contributed by atoms with Gasteiger partial charge in [-0.1, -0.05) is 20.3 Å². The maximum absolute atomic E-state index is 12.2. The van der Waals surface area contributed by atoms with Crippen LogP contribution >= 0.6 is 0 Å². The van der Waals surface area contributed by atoms with Crippen molar-refractivity contribution in [3.63, 3.8) is 0 Å². The van der Waals surface area contributed by atoms with Gasteiger partial charge in [0.15, 0.2) is 0 Å². The molecule has 0 radical (unpaired) electrons. The smallest absolute Gasteiger partial charge is 0.239 e. The van der Waals surface area contributed by atoms with Crippen LogP contribution in [0.5, 0.6) is 0 Å². The van der Waals surface area contributed by atoms with Crippen LogP contribution in [0.4, 0.5) is 0 Å². The fourth-order valence-corrected chi connectivity index (χ4v) is 2.85. The lowest BCUT2D eigenvalue weighted by molar-refractivity contribution is -0.137. The first-order valence-corrected chi connectivity index (χ1v) is 6.88. The zero-order chi connectivity index (χ0) is 12.4. The summed E-state index contributed by atoms with van der Waals surface area (Å²) < 4.78 is 0. The van der Waals surface area contributed by atoms with E-state index in [1.54, 1.807) is 0 Å². The maximum atomic E-state index is 12.2. The second-order valence-electron chi connectivity index (χ2n) is 5.74. The fraction of sp³-hybridized carbons (Fsp3) is 0.923. The van der Waals surface area contributed by atoms with Crippen molar-refractivity contribution in [3.05, 3.63) is 0 Å². The molecule has 2 atom stereocenters. The Balaban J connectivity index is 1.93. The van der Waals surface area contributed by atoms with Gasteiger partial charge in [0.25, 0.3) is 0 Å². The van der Waals surface area contributed by atoms with Crippen molar-refractivity contribution in [2.75, 3.05) is 26.2 Å². The molecule has 2 unspecified atom stereocenters. The molecule has 1 amide bonds. The van der Waals surface area contributed by atoms with Crippen LogP contribution in [0.25, 0.3) is 0 Å². The number of hydrogen-bond donors (Lipinski definition) is 1. The summed E-state index contributed by atoms with van der Waals surface area (Å²) in [7, 11) is 0. The lowest BCUT2D eigenvalue weighted by Crippen LogP contribution is -2.59. The molecule has 2 rings (SSSR count). The molecule has 0 saturated carbocycles. The zero-order valence-electron chi connectivity index (χ0n) is 11.1. The lowest BCUT2D eigenvalue weighted by atomic mass is 9.98. The van der Waals surface area contributed by atoms with Crippen molar-refractivity contribution in [2.24, 2.45) is 11.7 Å². The van der Waals surface area contributed by atoms with E-state index >= 15 is 0 Å². The van der Waals surface area contributed by atoms with Crippen LogP contribution in [-0.4, -0.2) is 54.0 Å². The molecule has 2 aliphatic rings. The Morgan fingerprint density at radius 1 is 1.24 bits per heavy atom. The second kappa shape index (κ2) is 5.36. The van der Waals surface area contributed by atoms with Gasteiger partial charge < -0.3 is 10.6 Å². The quantitative estimate of drug-likeness (QED) is 0.770. The molecule has 17 heavy (non-hydrogen) atoms. The maximum Gasteiger partial charge on any atom is 0.239 e. The van der Waals surface area contributed by atoms with Crippen molar-refractivity contribution in [1.82, 2.24) is 9.80 Å². The number of carbonyl (C=O) groups is 1. The first-order chi connectivity index (χ1) is 8.09. The van der Waals surface area contributed by atoms with Gasteiger partial charge in [-0.05, 0) is 25.3 Å². The molecule has 0 aromatic carbocycles. The van der Waals surface area contributed by atoms with E-state index in [2.05, 4.69) is 4.90 Å². The number of amides is 1. The minimum atomic E-state index is -0.329. The Labute approximate surface area is 104 Å². The molecule has 4 nitrogen and oxygen atoms in total. The van der Waals surface area contributed by atoms with Crippen LogP contribution < -0.4 is 5.73 Å². The topological polar surface area (TPSA) is 49.6 Å². The molecular weight excluding hydrogens is 214 g/mol. The molecule has 4 heteroatoms. The first kappa shape index (κ1) is 12.8. The number of hydrogen-bond acceptors (Lipinski definition) is 3. The van der Waals surface area contributed by atoms with Crippen molar-refractivity contribution in [1.29, 1.82) is 0 Å². The SMILES string of the molecule is CC(C)C(N)C(=O)N1CCN2CCCCC2C1. The van der Waals surface area contributed by atoms with Crippen LogP contribution in [0.3, 0.4) is 0 Å². The largest absolute Gasteiger partial charge is 0.338 e. The summed E-state index contributed by atoms with van der Waals surface area (Å²) in [6.45, 7) is 8.01.